The van der Waals surface area contributed by atoms with Crippen molar-refractivity contribution in [3.05, 3.63) is 157 Å². The summed E-state index contributed by atoms with van der Waals surface area (Å²) in [5.41, 5.74) is 11.3. The van der Waals surface area contributed by atoms with Crippen LogP contribution in [0, 0.1) is 0 Å². The van der Waals surface area contributed by atoms with Crippen LogP contribution in [0.15, 0.2) is 150 Å². The number of fused-ring (bicyclic) bond motifs is 3. The molecule has 4 nitrogen and oxygen atoms in total. The van der Waals surface area contributed by atoms with Crippen molar-refractivity contribution in [2.75, 3.05) is 16.5 Å². The molecule has 55 heavy (non-hydrogen) atoms. The van der Waals surface area contributed by atoms with Crippen LogP contribution in [0.1, 0.15) is 79.0 Å². The van der Waals surface area contributed by atoms with Gasteiger partial charge in [-0.25, -0.2) is 4.98 Å². The maximum Gasteiger partial charge on any atom is 0.137 e. The van der Waals surface area contributed by atoms with Gasteiger partial charge in [0.2, 0.25) is 0 Å². The van der Waals surface area contributed by atoms with Crippen molar-refractivity contribution in [1.29, 1.82) is 0 Å². The van der Waals surface area contributed by atoms with Gasteiger partial charge in [0, 0.05) is 50.5 Å². The van der Waals surface area contributed by atoms with Gasteiger partial charge in [0.05, 0.1) is 17.7 Å². The quantitative estimate of drug-likeness (QED) is 0.169. The Morgan fingerprint density at radius 1 is 0.491 bits per heavy atom. The lowest BCUT2D eigenvalue weighted by atomic mass is 9.80. The van der Waals surface area contributed by atoms with Crippen LogP contribution in [-0.4, -0.2) is 16.2 Å². The Bertz CT molecular complexity index is 2530. The fraction of sp³-hybridized carbons (Fsp3) is 0.260. The van der Waals surface area contributed by atoms with Crippen LogP contribution >= 0.6 is 11.8 Å². The van der Waals surface area contributed by atoms with Crippen molar-refractivity contribution in [3.8, 4) is 16.9 Å². The van der Waals surface area contributed by atoms with E-state index < -0.39 is 0 Å². The summed E-state index contributed by atoms with van der Waals surface area (Å²) in [5.74, 6) is 0.946. The zero-order chi connectivity index (χ0) is 38.7. The summed E-state index contributed by atoms with van der Waals surface area (Å²) in [5, 5.41) is 2.47. The van der Waals surface area contributed by atoms with E-state index in [0.717, 1.165) is 18.0 Å². The molecule has 278 valence electrons. The van der Waals surface area contributed by atoms with E-state index in [4.69, 9.17) is 4.98 Å². The van der Waals surface area contributed by atoms with Gasteiger partial charge in [-0.2, -0.15) is 0 Å². The molecule has 0 radical (unpaired) electrons. The second-order valence-corrected chi connectivity index (χ2v) is 19.2. The molecule has 5 heteroatoms. The molecule has 1 aliphatic rings. The van der Waals surface area contributed by atoms with E-state index in [1.54, 1.807) is 0 Å². The van der Waals surface area contributed by atoms with Crippen LogP contribution in [0.25, 0.3) is 38.8 Å². The van der Waals surface area contributed by atoms with E-state index in [1.807, 2.05) is 18.0 Å². The van der Waals surface area contributed by atoms with Gasteiger partial charge in [0.1, 0.15) is 5.82 Å². The Hall–Kier alpha value is -5.26. The molecule has 0 amide bonds. The van der Waals surface area contributed by atoms with Crippen molar-refractivity contribution in [3.63, 3.8) is 0 Å². The number of rotatable bonds is 6. The highest BCUT2D eigenvalue weighted by Gasteiger charge is 2.25. The summed E-state index contributed by atoms with van der Waals surface area (Å²) >= 11 is 1.81. The predicted molar refractivity (Wildman–Crippen MR) is 236 cm³/mol. The topological polar surface area (TPSA) is 24.3 Å². The smallest absolute Gasteiger partial charge is 0.137 e. The molecule has 3 heterocycles. The molecule has 0 unspecified atom stereocenters. The summed E-state index contributed by atoms with van der Waals surface area (Å²) in [4.78, 5) is 12.0. The van der Waals surface area contributed by atoms with Gasteiger partial charge in [0.15, 0.2) is 0 Å². The van der Waals surface area contributed by atoms with Gasteiger partial charge in [-0.15, -0.1) is 0 Å². The number of benzene rings is 5. The first kappa shape index (κ1) is 36.7. The fourth-order valence-corrected chi connectivity index (χ4v) is 8.35. The maximum atomic E-state index is 4.91. The molecule has 8 rings (SSSR count). The Morgan fingerprint density at radius 2 is 1.11 bits per heavy atom. The molecule has 0 saturated heterocycles. The van der Waals surface area contributed by atoms with Crippen LogP contribution in [-0.2, 0) is 16.2 Å². The Balaban J connectivity index is 1.18. The number of nitrogens with zero attached hydrogens (tertiary/aromatic N) is 4. The number of hydrogen-bond acceptors (Lipinski definition) is 4. The van der Waals surface area contributed by atoms with E-state index in [9.17, 15) is 0 Å². The predicted octanol–water partition coefficient (Wildman–Crippen LogP) is 13.6. The molecule has 1 aliphatic heterocycles. The monoisotopic (exact) mass is 740 g/mol. The molecule has 2 aromatic heterocycles. The Labute approximate surface area is 331 Å². The SMILES string of the molecule is CC(C)(C)c1cc(N2C=CN(c3cc(Sc4ccc5c6ccccc6n(-c6cc(C(C)(C)C)ccn6)c5c4)cc(-c4ccccc4)c3)C2)cc(C(C)(C)C)c1. The first-order valence-corrected chi connectivity index (χ1v) is 20.2. The highest BCUT2D eigenvalue weighted by atomic mass is 32.2. The summed E-state index contributed by atoms with van der Waals surface area (Å²) in [7, 11) is 0. The summed E-state index contributed by atoms with van der Waals surface area (Å²) in [6.45, 7) is 21.3. The van der Waals surface area contributed by atoms with Crippen molar-refractivity contribution in [2.24, 2.45) is 0 Å². The van der Waals surface area contributed by atoms with Crippen LogP contribution in [0.5, 0.6) is 0 Å². The normalized spacial score (nSPS) is 13.8. The molecular formula is C50H52N4S. The molecular weight excluding hydrogens is 689 g/mol. The number of para-hydroxylation sites is 1. The zero-order valence-electron chi connectivity index (χ0n) is 33.7. The highest BCUT2D eigenvalue weighted by Crippen LogP contribution is 2.41. The minimum Gasteiger partial charge on any atom is -0.328 e. The molecule has 5 aromatic carbocycles. The lowest BCUT2D eigenvalue weighted by molar-refractivity contribution is 0.568. The van der Waals surface area contributed by atoms with Gasteiger partial charge in [-0.3, -0.25) is 4.57 Å². The van der Waals surface area contributed by atoms with E-state index in [1.165, 1.54) is 65.3 Å². The van der Waals surface area contributed by atoms with Crippen molar-refractivity contribution in [2.45, 2.75) is 88.3 Å². The van der Waals surface area contributed by atoms with Crippen molar-refractivity contribution < 1.29 is 0 Å². The molecule has 0 N–H and O–H groups in total. The number of hydrogen-bond donors (Lipinski definition) is 0. The first-order chi connectivity index (χ1) is 26.1. The molecule has 0 atom stereocenters. The van der Waals surface area contributed by atoms with E-state index >= 15 is 0 Å². The minimum atomic E-state index is 0.0202. The molecule has 0 aliphatic carbocycles. The molecule has 0 bridgehead atoms. The molecule has 0 spiro atoms. The lowest BCUT2D eigenvalue weighted by Gasteiger charge is -2.29. The third kappa shape index (κ3) is 7.43. The van der Waals surface area contributed by atoms with E-state index in [-0.39, 0.29) is 16.2 Å². The van der Waals surface area contributed by atoms with Crippen LogP contribution in [0.3, 0.4) is 0 Å². The Morgan fingerprint density at radius 3 is 1.78 bits per heavy atom. The number of pyridine rings is 1. The van der Waals surface area contributed by atoms with Crippen LogP contribution in [0.4, 0.5) is 11.4 Å². The fourth-order valence-electron chi connectivity index (χ4n) is 7.41. The van der Waals surface area contributed by atoms with Crippen LogP contribution < -0.4 is 9.80 Å². The average Bonchev–Trinajstić information content (AvgIpc) is 3.78. The second-order valence-electron chi connectivity index (χ2n) is 18.0. The standard InChI is InChI=1S/C50H52N4S/c1-48(2,3)36-21-22-51-47(30-36)54-45-18-14-13-17-43(45)44-20-19-41(32-46(44)54)55-42-26-35(34-15-11-10-12-16-34)25-39(31-42)52-23-24-53(33-52)40-28-37(49(4,5)6)27-38(29-40)50(7,8)9/h10-32H,33H2,1-9H3. The summed E-state index contributed by atoms with van der Waals surface area (Å²) in [6, 6.07) is 44.8. The second kappa shape index (κ2) is 13.8. The summed E-state index contributed by atoms with van der Waals surface area (Å²) in [6.07, 6.45) is 6.40. The van der Waals surface area contributed by atoms with Crippen molar-refractivity contribution >= 4 is 44.9 Å². The minimum absolute atomic E-state index is 0.0202. The summed E-state index contributed by atoms with van der Waals surface area (Å²) < 4.78 is 2.33. The number of anilines is 2. The third-order valence-corrected chi connectivity index (χ3v) is 11.7. The van der Waals surface area contributed by atoms with Gasteiger partial charge in [-0.1, -0.05) is 135 Å². The van der Waals surface area contributed by atoms with Gasteiger partial charge in [-0.05, 0) is 105 Å². The first-order valence-electron chi connectivity index (χ1n) is 19.4. The van der Waals surface area contributed by atoms with E-state index in [2.05, 4.69) is 210 Å². The van der Waals surface area contributed by atoms with E-state index in [0.29, 0.717) is 0 Å². The number of aromatic nitrogens is 2. The lowest BCUT2D eigenvalue weighted by Crippen LogP contribution is -2.26. The van der Waals surface area contributed by atoms with Crippen molar-refractivity contribution in [1.82, 2.24) is 9.55 Å². The largest absolute Gasteiger partial charge is 0.328 e. The zero-order valence-corrected chi connectivity index (χ0v) is 34.5. The highest BCUT2D eigenvalue weighted by molar-refractivity contribution is 7.99. The average molecular weight is 741 g/mol. The van der Waals surface area contributed by atoms with Gasteiger partial charge >= 0.3 is 0 Å². The maximum absolute atomic E-state index is 4.91. The third-order valence-electron chi connectivity index (χ3n) is 10.8. The molecule has 0 fully saturated rings. The van der Waals surface area contributed by atoms with Gasteiger partial charge < -0.3 is 9.80 Å². The Kier molecular flexibility index (Phi) is 9.20. The molecule has 0 saturated carbocycles. The van der Waals surface area contributed by atoms with Gasteiger partial charge in [0.25, 0.3) is 0 Å². The molecule has 7 aromatic rings. The van der Waals surface area contributed by atoms with Crippen LogP contribution in [0.2, 0.25) is 0 Å².